The molecule has 0 aliphatic carbocycles. The molecule has 0 spiro atoms. The van der Waals surface area contributed by atoms with Crippen molar-refractivity contribution in [2.75, 3.05) is 7.05 Å². The molecule has 0 fully saturated rings. The Bertz CT molecular complexity index is 620. The molecule has 2 unspecified atom stereocenters. The van der Waals surface area contributed by atoms with Gasteiger partial charge in [-0.2, -0.15) is 0 Å². The molecule has 2 atom stereocenters. The van der Waals surface area contributed by atoms with Crippen molar-refractivity contribution in [3.8, 4) is 0 Å². The number of halogens is 2. The number of amides is 1. The predicted molar refractivity (Wildman–Crippen MR) is 77.3 cm³/mol. The fraction of sp³-hybridized carbons (Fsp3) is 0.333. The first kappa shape index (κ1) is 15.5. The van der Waals surface area contributed by atoms with Crippen LogP contribution in [0.15, 0.2) is 24.5 Å². The summed E-state index contributed by atoms with van der Waals surface area (Å²) in [5, 5.41) is 14.2. The maximum atomic E-state index is 11.6. The van der Waals surface area contributed by atoms with Gasteiger partial charge in [-0.3, -0.25) is 0 Å². The zero-order valence-corrected chi connectivity index (χ0v) is 12.8. The Morgan fingerprint density at radius 1 is 1.38 bits per heavy atom. The summed E-state index contributed by atoms with van der Waals surface area (Å²) in [5.74, 6) is 0. The van der Waals surface area contributed by atoms with Gasteiger partial charge in [-0.15, -0.1) is 5.10 Å². The maximum Gasteiger partial charge on any atom is 0.407 e. The first-order valence-corrected chi connectivity index (χ1v) is 6.84. The molecule has 2 aromatic rings. The van der Waals surface area contributed by atoms with Gasteiger partial charge in [0.2, 0.25) is 0 Å². The molecule has 9 heteroatoms. The minimum atomic E-state index is -0.622. The molecule has 1 N–H and O–H groups in total. The molecule has 0 saturated heterocycles. The van der Waals surface area contributed by atoms with Crippen molar-refractivity contribution in [3.63, 3.8) is 0 Å². The second-order valence-corrected chi connectivity index (χ2v) is 5.09. The summed E-state index contributed by atoms with van der Waals surface area (Å²) in [5.41, 5.74) is 0.691. The quantitative estimate of drug-likeness (QED) is 0.932. The van der Waals surface area contributed by atoms with Crippen molar-refractivity contribution in [3.05, 3.63) is 40.1 Å². The van der Waals surface area contributed by atoms with Crippen LogP contribution in [0.4, 0.5) is 4.79 Å². The summed E-state index contributed by atoms with van der Waals surface area (Å²) in [7, 11) is 1.48. The summed E-state index contributed by atoms with van der Waals surface area (Å²) >= 11 is 11.9. The molecule has 0 aliphatic rings. The molecule has 21 heavy (non-hydrogen) atoms. The first-order chi connectivity index (χ1) is 10.0. The van der Waals surface area contributed by atoms with Crippen LogP contribution in [0.3, 0.4) is 0 Å². The van der Waals surface area contributed by atoms with E-state index in [1.165, 1.54) is 18.1 Å². The number of rotatable bonds is 4. The third kappa shape index (κ3) is 3.62. The molecule has 1 heterocycles. The lowest BCUT2D eigenvalue weighted by Crippen LogP contribution is -2.26. The van der Waals surface area contributed by atoms with Crippen LogP contribution in [0.1, 0.15) is 24.6 Å². The molecular formula is C12H13Cl2N5O2. The molecule has 112 valence electrons. The van der Waals surface area contributed by atoms with Crippen molar-refractivity contribution in [2.24, 2.45) is 0 Å². The lowest BCUT2D eigenvalue weighted by Gasteiger charge is -2.24. The highest BCUT2D eigenvalue weighted by molar-refractivity contribution is 6.42. The van der Waals surface area contributed by atoms with Crippen LogP contribution in [0.25, 0.3) is 0 Å². The minimum absolute atomic E-state index is 0.324. The molecule has 1 aromatic carbocycles. The third-order valence-corrected chi connectivity index (χ3v) is 3.67. The number of aromatic nitrogens is 4. The van der Waals surface area contributed by atoms with E-state index in [0.717, 1.165) is 0 Å². The second kappa shape index (κ2) is 6.73. The Morgan fingerprint density at radius 2 is 2.14 bits per heavy atom. The zero-order valence-electron chi connectivity index (χ0n) is 11.3. The Balaban J connectivity index is 2.35. The van der Waals surface area contributed by atoms with Gasteiger partial charge in [-0.05, 0) is 35.0 Å². The van der Waals surface area contributed by atoms with E-state index >= 15 is 0 Å². The van der Waals surface area contributed by atoms with Crippen LogP contribution in [-0.2, 0) is 4.74 Å². The molecule has 1 aromatic heterocycles. The van der Waals surface area contributed by atoms with Crippen LogP contribution in [-0.4, -0.2) is 33.3 Å². The van der Waals surface area contributed by atoms with E-state index in [0.29, 0.717) is 15.6 Å². The van der Waals surface area contributed by atoms with E-state index in [-0.39, 0.29) is 6.04 Å². The second-order valence-electron chi connectivity index (χ2n) is 4.28. The van der Waals surface area contributed by atoms with E-state index < -0.39 is 12.2 Å². The molecule has 0 bridgehead atoms. The summed E-state index contributed by atoms with van der Waals surface area (Å²) in [6, 6.07) is 4.71. The fourth-order valence-corrected chi connectivity index (χ4v) is 2.11. The Labute approximate surface area is 131 Å². The van der Waals surface area contributed by atoms with Gasteiger partial charge in [0, 0.05) is 7.05 Å². The van der Waals surface area contributed by atoms with E-state index in [2.05, 4.69) is 20.8 Å². The highest BCUT2D eigenvalue weighted by Crippen LogP contribution is 2.33. The normalized spacial score (nSPS) is 13.5. The predicted octanol–water partition coefficient (Wildman–Crippen LogP) is 2.64. The highest BCUT2D eigenvalue weighted by atomic mass is 35.5. The van der Waals surface area contributed by atoms with Gasteiger partial charge in [0.15, 0.2) is 6.10 Å². The average Bonchev–Trinajstić information content (AvgIpc) is 3.01. The van der Waals surface area contributed by atoms with Gasteiger partial charge in [-0.1, -0.05) is 29.3 Å². The van der Waals surface area contributed by atoms with Gasteiger partial charge in [0.1, 0.15) is 6.33 Å². The molecule has 7 nitrogen and oxygen atoms in total. The largest absolute Gasteiger partial charge is 0.439 e. The van der Waals surface area contributed by atoms with Crippen molar-refractivity contribution in [1.29, 1.82) is 0 Å². The van der Waals surface area contributed by atoms with Crippen LogP contribution < -0.4 is 5.32 Å². The number of nitrogens with zero attached hydrogens (tertiary/aromatic N) is 4. The smallest absolute Gasteiger partial charge is 0.407 e. The maximum absolute atomic E-state index is 11.6. The molecule has 1 amide bonds. The summed E-state index contributed by atoms with van der Waals surface area (Å²) in [6.07, 6.45) is 0.261. The van der Waals surface area contributed by atoms with Crippen LogP contribution in [0.2, 0.25) is 10.0 Å². The Morgan fingerprint density at radius 3 is 2.71 bits per heavy atom. The number of ether oxygens (including phenoxy) is 1. The monoisotopic (exact) mass is 329 g/mol. The lowest BCUT2D eigenvalue weighted by molar-refractivity contribution is 0.0664. The molecule has 0 saturated carbocycles. The van der Waals surface area contributed by atoms with Crippen molar-refractivity contribution < 1.29 is 9.53 Å². The lowest BCUT2D eigenvalue weighted by atomic mass is 10.0. The number of carbonyl (C=O) groups excluding carboxylic acids is 1. The number of benzene rings is 1. The highest BCUT2D eigenvalue weighted by Gasteiger charge is 2.26. The number of hydrogen-bond acceptors (Lipinski definition) is 5. The van der Waals surface area contributed by atoms with Crippen LogP contribution in [0.5, 0.6) is 0 Å². The topological polar surface area (TPSA) is 81.9 Å². The fourth-order valence-electron chi connectivity index (χ4n) is 1.80. The van der Waals surface area contributed by atoms with Gasteiger partial charge in [-0.25, -0.2) is 9.48 Å². The number of carbonyl (C=O) groups is 1. The number of alkyl carbamates (subject to hydrolysis) is 1. The van der Waals surface area contributed by atoms with E-state index in [1.807, 2.05) is 6.92 Å². The number of tetrazole rings is 1. The molecule has 2 rings (SSSR count). The summed E-state index contributed by atoms with van der Waals surface area (Å²) in [4.78, 5) is 11.6. The zero-order chi connectivity index (χ0) is 15.4. The van der Waals surface area contributed by atoms with Gasteiger partial charge in [0.25, 0.3) is 0 Å². The molecule has 0 radical (unpaired) electrons. The van der Waals surface area contributed by atoms with Gasteiger partial charge in [0.05, 0.1) is 16.1 Å². The number of nitrogens with one attached hydrogen (secondary N) is 1. The van der Waals surface area contributed by atoms with E-state index in [1.54, 1.807) is 18.2 Å². The van der Waals surface area contributed by atoms with Gasteiger partial charge >= 0.3 is 6.09 Å². The summed E-state index contributed by atoms with van der Waals surface area (Å²) in [6.45, 7) is 1.83. The SMILES string of the molecule is CNC(=O)OC(c1ccc(Cl)c(Cl)c1)C(C)n1cnnn1. The summed E-state index contributed by atoms with van der Waals surface area (Å²) < 4.78 is 6.89. The molecule has 0 aliphatic heterocycles. The van der Waals surface area contributed by atoms with E-state index in [9.17, 15) is 4.79 Å². The van der Waals surface area contributed by atoms with Crippen LogP contribution in [0, 0.1) is 0 Å². The van der Waals surface area contributed by atoms with Gasteiger partial charge < -0.3 is 10.1 Å². The van der Waals surface area contributed by atoms with Crippen molar-refractivity contribution in [2.45, 2.75) is 19.1 Å². The first-order valence-electron chi connectivity index (χ1n) is 6.08. The Hall–Kier alpha value is -1.86. The minimum Gasteiger partial charge on any atom is -0.439 e. The number of hydrogen-bond donors (Lipinski definition) is 1. The average molecular weight is 330 g/mol. The van der Waals surface area contributed by atoms with Crippen LogP contribution >= 0.6 is 23.2 Å². The Kier molecular flexibility index (Phi) is 4.98. The third-order valence-electron chi connectivity index (χ3n) is 2.93. The van der Waals surface area contributed by atoms with E-state index in [4.69, 9.17) is 27.9 Å². The van der Waals surface area contributed by atoms with Crippen molar-refractivity contribution >= 4 is 29.3 Å². The van der Waals surface area contributed by atoms with Crippen molar-refractivity contribution in [1.82, 2.24) is 25.5 Å². The molecular weight excluding hydrogens is 317 g/mol. The standard InChI is InChI=1S/C12H13Cl2N5O2/c1-7(19-6-16-17-18-19)11(21-12(20)15-2)8-3-4-9(13)10(14)5-8/h3-7,11H,1-2H3,(H,15,20).